The Balaban J connectivity index is 2.42. The van der Waals surface area contributed by atoms with Gasteiger partial charge >= 0.3 is 0 Å². The predicted octanol–water partition coefficient (Wildman–Crippen LogP) is 4.06. The van der Waals surface area contributed by atoms with Crippen LogP contribution in [0, 0.1) is 0 Å². The van der Waals surface area contributed by atoms with Gasteiger partial charge in [0.2, 0.25) is 0 Å². The lowest BCUT2D eigenvalue weighted by Crippen LogP contribution is -2.10. The molecule has 0 aliphatic carbocycles. The van der Waals surface area contributed by atoms with Crippen molar-refractivity contribution >= 4 is 6.29 Å². The van der Waals surface area contributed by atoms with Gasteiger partial charge in [-0.3, -0.25) is 4.79 Å². The maximum atomic E-state index is 10.6. The van der Waals surface area contributed by atoms with Crippen molar-refractivity contribution in [1.29, 1.82) is 0 Å². The van der Waals surface area contributed by atoms with E-state index in [0.717, 1.165) is 17.6 Å². The fraction of sp³-hybridized carbons (Fsp3) is 0.267. The van der Waals surface area contributed by atoms with Gasteiger partial charge in [-0.2, -0.15) is 0 Å². The summed E-state index contributed by atoms with van der Waals surface area (Å²) in [5.41, 5.74) is 2.36. The maximum absolute atomic E-state index is 10.6. The van der Waals surface area contributed by atoms with Gasteiger partial charge < -0.3 is 4.42 Å². The van der Waals surface area contributed by atoms with Crippen LogP contribution < -0.4 is 0 Å². The third kappa shape index (κ3) is 2.47. The first kappa shape index (κ1) is 11.6. The molecule has 0 atom stereocenters. The van der Waals surface area contributed by atoms with Crippen molar-refractivity contribution < 1.29 is 9.21 Å². The fourth-order valence-electron chi connectivity index (χ4n) is 1.71. The normalized spacial score (nSPS) is 11.5. The highest BCUT2D eigenvalue weighted by Crippen LogP contribution is 2.28. The van der Waals surface area contributed by atoms with Crippen molar-refractivity contribution in [3.8, 4) is 11.3 Å². The van der Waals surface area contributed by atoms with E-state index in [2.05, 4.69) is 32.9 Å². The lowest BCUT2D eigenvalue weighted by molar-refractivity contribution is 0.110. The number of furan rings is 1. The molecule has 88 valence electrons. The number of carbonyl (C=O) groups excluding carboxylic acids is 1. The molecule has 0 aliphatic heterocycles. The average molecular weight is 228 g/mol. The van der Waals surface area contributed by atoms with E-state index >= 15 is 0 Å². The van der Waals surface area contributed by atoms with Gasteiger partial charge in [0.05, 0.1) is 0 Å². The Morgan fingerprint density at radius 1 is 1.12 bits per heavy atom. The average Bonchev–Trinajstić information content (AvgIpc) is 2.76. The van der Waals surface area contributed by atoms with Gasteiger partial charge in [0.25, 0.3) is 0 Å². The van der Waals surface area contributed by atoms with Gasteiger partial charge in [-0.1, -0.05) is 39.0 Å². The number of benzene rings is 1. The smallest absolute Gasteiger partial charge is 0.185 e. The quantitative estimate of drug-likeness (QED) is 0.726. The standard InChI is InChI=1S/C15H16O2/c1-15(2,3)12-6-4-5-11(9-12)14-8-7-13(10-16)17-14/h4-10H,1-3H3. The zero-order valence-corrected chi connectivity index (χ0v) is 10.4. The summed E-state index contributed by atoms with van der Waals surface area (Å²) in [5, 5.41) is 0. The van der Waals surface area contributed by atoms with Gasteiger partial charge in [-0.05, 0) is 29.2 Å². The minimum atomic E-state index is 0.107. The second-order valence-electron chi connectivity index (χ2n) is 5.15. The third-order valence-corrected chi connectivity index (χ3v) is 2.76. The van der Waals surface area contributed by atoms with Gasteiger partial charge in [0.15, 0.2) is 12.0 Å². The molecule has 1 aromatic carbocycles. The summed E-state index contributed by atoms with van der Waals surface area (Å²) in [5.74, 6) is 1.10. The molecule has 0 aliphatic rings. The van der Waals surface area contributed by atoms with E-state index in [1.165, 1.54) is 5.56 Å². The van der Waals surface area contributed by atoms with E-state index in [1.54, 1.807) is 6.07 Å². The lowest BCUT2D eigenvalue weighted by atomic mass is 9.86. The van der Waals surface area contributed by atoms with E-state index < -0.39 is 0 Å². The molecule has 0 saturated heterocycles. The highest BCUT2D eigenvalue weighted by Gasteiger charge is 2.14. The molecule has 0 N–H and O–H groups in total. The third-order valence-electron chi connectivity index (χ3n) is 2.76. The highest BCUT2D eigenvalue weighted by atomic mass is 16.3. The Morgan fingerprint density at radius 2 is 1.88 bits per heavy atom. The number of hydrogen-bond donors (Lipinski definition) is 0. The highest BCUT2D eigenvalue weighted by molar-refractivity contribution is 5.72. The van der Waals surface area contributed by atoms with Crippen LogP contribution in [0.25, 0.3) is 11.3 Å². The van der Waals surface area contributed by atoms with E-state index in [4.69, 9.17) is 4.42 Å². The van der Waals surface area contributed by atoms with Crippen molar-refractivity contribution in [2.75, 3.05) is 0 Å². The summed E-state index contributed by atoms with van der Waals surface area (Å²) in [7, 11) is 0. The summed E-state index contributed by atoms with van der Waals surface area (Å²) >= 11 is 0. The molecule has 2 rings (SSSR count). The molecule has 0 fully saturated rings. The number of aldehydes is 1. The van der Waals surface area contributed by atoms with E-state index in [1.807, 2.05) is 18.2 Å². The van der Waals surface area contributed by atoms with Crippen molar-refractivity contribution in [3.05, 3.63) is 47.7 Å². The molecule has 0 radical (unpaired) electrons. The second-order valence-corrected chi connectivity index (χ2v) is 5.15. The minimum Gasteiger partial charge on any atom is -0.453 e. The summed E-state index contributed by atoms with van der Waals surface area (Å²) in [4.78, 5) is 10.6. The Morgan fingerprint density at radius 3 is 2.47 bits per heavy atom. The Kier molecular flexibility index (Phi) is 2.88. The van der Waals surface area contributed by atoms with Crippen LogP contribution in [0.4, 0.5) is 0 Å². The largest absolute Gasteiger partial charge is 0.453 e. The van der Waals surface area contributed by atoms with Crippen molar-refractivity contribution in [2.24, 2.45) is 0 Å². The van der Waals surface area contributed by atoms with Gasteiger partial charge in [-0.25, -0.2) is 0 Å². The summed E-state index contributed by atoms with van der Waals surface area (Å²) in [6.07, 6.45) is 0.719. The molecule has 17 heavy (non-hydrogen) atoms. The van der Waals surface area contributed by atoms with Crippen LogP contribution in [0.2, 0.25) is 0 Å². The fourth-order valence-corrected chi connectivity index (χ4v) is 1.71. The first-order chi connectivity index (χ1) is 8.00. The van der Waals surface area contributed by atoms with Crippen molar-refractivity contribution in [2.45, 2.75) is 26.2 Å². The summed E-state index contributed by atoms with van der Waals surface area (Å²) in [6.45, 7) is 6.52. The molecule has 0 spiro atoms. The van der Waals surface area contributed by atoms with Gasteiger partial charge in [0, 0.05) is 5.56 Å². The van der Waals surface area contributed by atoms with Crippen LogP contribution in [-0.4, -0.2) is 6.29 Å². The van der Waals surface area contributed by atoms with Crippen LogP contribution in [0.3, 0.4) is 0 Å². The topological polar surface area (TPSA) is 30.2 Å². The van der Waals surface area contributed by atoms with E-state index in [-0.39, 0.29) is 5.41 Å². The van der Waals surface area contributed by atoms with Crippen LogP contribution in [0.5, 0.6) is 0 Å². The van der Waals surface area contributed by atoms with E-state index in [0.29, 0.717) is 5.76 Å². The van der Waals surface area contributed by atoms with Gasteiger partial charge in [-0.15, -0.1) is 0 Å². The van der Waals surface area contributed by atoms with E-state index in [9.17, 15) is 4.79 Å². The molecule has 2 nitrogen and oxygen atoms in total. The number of carbonyl (C=O) groups is 1. The molecule has 0 amide bonds. The molecule has 2 heteroatoms. The first-order valence-corrected chi connectivity index (χ1v) is 5.66. The Bertz CT molecular complexity index is 530. The molecule has 1 aromatic heterocycles. The Labute approximate surface area is 101 Å². The second kappa shape index (κ2) is 4.21. The number of hydrogen-bond acceptors (Lipinski definition) is 2. The monoisotopic (exact) mass is 228 g/mol. The molecule has 0 saturated carbocycles. The molecular weight excluding hydrogens is 212 g/mol. The van der Waals surface area contributed by atoms with Crippen LogP contribution in [-0.2, 0) is 5.41 Å². The maximum Gasteiger partial charge on any atom is 0.185 e. The molecule has 0 unspecified atom stereocenters. The predicted molar refractivity (Wildman–Crippen MR) is 68.2 cm³/mol. The minimum absolute atomic E-state index is 0.107. The summed E-state index contributed by atoms with van der Waals surface area (Å²) in [6, 6.07) is 11.7. The Hall–Kier alpha value is -1.83. The zero-order valence-electron chi connectivity index (χ0n) is 10.4. The first-order valence-electron chi connectivity index (χ1n) is 5.66. The summed E-state index contributed by atoms with van der Waals surface area (Å²) < 4.78 is 5.42. The van der Waals surface area contributed by atoms with Crippen LogP contribution >= 0.6 is 0 Å². The van der Waals surface area contributed by atoms with Crippen molar-refractivity contribution in [3.63, 3.8) is 0 Å². The van der Waals surface area contributed by atoms with Crippen LogP contribution in [0.15, 0.2) is 40.8 Å². The number of rotatable bonds is 2. The van der Waals surface area contributed by atoms with Crippen molar-refractivity contribution in [1.82, 2.24) is 0 Å². The lowest BCUT2D eigenvalue weighted by Gasteiger charge is -2.19. The van der Waals surface area contributed by atoms with Crippen LogP contribution in [0.1, 0.15) is 36.9 Å². The SMILES string of the molecule is CC(C)(C)c1cccc(-c2ccc(C=O)o2)c1. The zero-order chi connectivity index (χ0) is 12.5. The molecule has 2 aromatic rings. The van der Waals surface area contributed by atoms with Gasteiger partial charge in [0.1, 0.15) is 5.76 Å². The molecular formula is C15H16O2. The molecule has 0 bridgehead atoms. The molecule has 1 heterocycles.